The van der Waals surface area contributed by atoms with Crippen LogP contribution in [-0.4, -0.2) is 27.1 Å². The van der Waals surface area contributed by atoms with E-state index in [1.807, 2.05) is 0 Å². The van der Waals surface area contributed by atoms with E-state index in [0.29, 0.717) is 16.1 Å². The monoisotopic (exact) mass is 310 g/mol. The Bertz CT molecular complexity index is 711. The molecule has 1 atom stereocenters. The molecular weight excluding hydrogens is 300 g/mol. The molecular formula is C12H10N2O4S2. The van der Waals surface area contributed by atoms with Gasteiger partial charge in [0.2, 0.25) is 5.91 Å². The number of amides is 1. The van der Waals surface area contributed by atoms with E-state index in [4.69, 9.17) is 10.8 Å². The lowest BCUT2D eigenvalue weighted by atomic mass is 10.1. The summed E-state index contributed by atoms with van der Waals surface area (Å²) in [7, 11) is 0. The predicted molar refractivity (Wildman–Crippen MR) is 77.1 cm³/mol. The Balaban J connectivity index is 2.46. The number of hydrogen-bond donors (Lipinski definition) is 3. The van der Waals surface area contributed by atoms with Crippen molar-refractivity contribution in [3.05, 3.63) is 28.8 Å². The fraction of sp³-hybridized carbons (Fsp3) is 0.167. The third-order valence-electron chi connectivity index (χ3n) is 2.66. The molecule has 0 saturated heterocycles. The highest BCUT2D eigenvalue weighted by atomic mass is 32.1. The van der Waals surface area contributed by atoms with Crippen molar-refractivity contribution in [3.63, 3.8) is 0 Å². The van der Waals surface area contributed by atoms with E-state index in [1.54, 1.807) is 12.1 Å². The van der Waals surface area contributed by atoms with Crippen LogP contribution in [0.3, 0.4) is 0 Å². The summed E-state index contributed by atoms with van der Waals surface area (Å²) in [5.74, 6) is -2.58. The van der Waals surface area contributed by atoms with E-state index in [-0.39, 0.29) is 6.42 Å². The van der Waals surface area contributed by atoms with Gasteiger partial charge >= 0.3 is 5.97 Å². The Morgan fingerprint density at radius 1 is 1.40 bits per heavy atom. The van der Waals surface area contributed by atoms with Gasteiger partial charge < -0.3 is 10.8 Å². The molecule has 8 heteroatoms. The van der Waals surface area contributed by atoms with Crippen molar-refractivity contribution in [2.75, 3.05) is 0 Å². The molecule has 2 rings (SSSR count). The molecule has 1 amide bonds. The number of carboxylic acid groups (broad SMARTS) is 1. The van der Waals surface area contributed by atoms with Crippen LogP contribution in [0.5, 0.6) is 0 Å². The zero-order valence-electron chi connectivity index (χ0n) is 10.1. The van der Waals surface area contributed by atoms with Gasteiger partial charge in [-0.3, -0.25) is 14.4 Å². The fourth-order valence-electron chi connectivity index (χ4n) is 1.70. The predicted octanol–water partition coefficient (Wildman–Crippen LogP) is 1.41. The number of aliphatic carboxylic acids is 1. The first-order chi connectivity index (χ1) is 9.38. The molecule has 0 radical (unpaired) electrons. The fourth-order valence-corrected chi connectivity index (χ4v) is 3.05. The van der Waals surface area contributed by atoms with Gasteiger partial charge in [0.05, 0.1) is 22.6 Å². The highest BCUT2D eigenvalue weighted by Crippen LogP contribution is 2.31. The second-order valence-electron chi connectivity index (χ2n) is 4.09. The van der Waals surface area contributed by atoms with Crippen LogP contribution in [-0.2, 0) is 9.59 Å². The summed E-state index contributed by atoms with van der Waals surface area (Å²) in [5.41, 5.74) is 5.99. The average molecular weight is 310 g/mol. The Morgan fingerprint density at radius 2 is 2.10 bits per heavy atom. The Hall–Kier alpha value is -1.93. The van der Waals surface area contributed by atoms with Crippen LogP contribution < -0.4 is 5.73 Å². The van der Waals surface area contributed by atoms with Crippen molar-refractivity contribution in [1.82, 2.24) is 4.98 Å². The molecule has 0 fully saturated rings. The molecule has 1 heterocycles. The van der Waals surface area contributed by atoms with Gasteiger partial charge in [0.15, 0.2) is 5.12 Å². The number of carboxylic acids is 1. The van der Waals surface area contributed by atoms with E-state index in [9.17, 15) is 14.4 Å². The zero-order chi connectivity index (χ0) is 14.9. The van der Waals surface area contributed by atoms with Crippen LogP contribution >= 0.6 is 24.0 Å². The van der Waals surface area contributed by atoms with Gasteiger partial charge in [-0.1, -0.05) is 0 Å². The maximum absolute atomic E-state index is 11.4. The number of hydrogen-bond acceptors (Lipinski definition) is 5. The summed E-state index contributed by atoms with van der Waals surface area (Å²) in [5, 5.41) is 8.63. The maximum Gasteiger partial charge on any atom is 0.304 e. The first kappa shape index (κ1) is 14.5. The summed E-state index contributed by atoms with van der Waals surface area (Å²) >= 11 is 4.90. The second kappa shape index (κ2) is 5.59. The molecule has 6 nitrogen and oxygen atoms in total. The van der Waals surface area contributed by atoms with E-state index >= 15 is 0 Å². The number of nitrogens with two attached hydrogens (primary N) is 1. The number of fused-ring (bicyclic) bond motifs is 1. The van der Waals surface area contributed by atoms with Crippen molar-refractivity contribution < 1.29 is 19.5 Å². The normalized spacial score (nSPS) is 12.2. The molecule has 20 heavy (non-hydrogen) atoms. The molecule has 0 spiro atoms. The molecule has 0 bridgehead atoms. The topological polar surface area (TPSA) is 110 Å². The number of carbonyl (C=O) groups is 3. The SMILES string of the molecule is NC(=O)c1ccc2sc(C(CC(=O)O)C(=O)S)nc2c1. The van der Waals surface area contributed by atoms with Gasteiger partial charge in [0.25, 0.3) is 0 Å². The molecule has 3 N–H and O–H groups in total. The number of primary amides is 1. The van der Waals surface area contributed by atoms with Gasteiger partial charge in [-0.05, 0) is 18.2 Å². The molecule has 1 unspecified atom stereocenters. The Morgan fingerprint density at radius 3 is 2.65 bits per heavy atom. The van der Waals surface area contributed by atoms with Gasteiger partial charge in [-0.2, -0.15) is 0 Å². The van der Waals surface area contributed by atoms with Crippen molar-refractivity contribution in [2.45, 2.75) is 12.3 Å². The number of rotatable bonds is 5. The number of thiol groups is 1. The van der Waals surface area contributed by atoms with E-state index in [2.05, 4.69) is 17.6 Å². The van der Waals surface area contributed by atoms with E-state index < -0.39 is 22.9 Å². The van der Waals surface area contributed by atoms with Crippen LogP contribution in [0.25, 0.3) is 10.2 Å². The minimum absolute atomic E-state index is 0.307. The van der Waals surface area contributed by atoms with Gasteiger partial charge in [-0.15, -0.1) is 24.0 Å². The lowest BCUT2D eigenvalue weighted by Crippen LogP contribution is -2.12. The number of carbonyl (C=O) groups excluding carboxylic acids is 2. The molecule has 0 aliphatic rings. The summed E-state index contributed by atoms with van der Waals surface area (Å²) in [6.07, 6.45) is -0.370. The summed E-state index contributed by atoms with van der Waals surface area (Å²) in [4.78, 5) is 37.5. The van der Waals surface area contributed by atoms with Crippen molar-refractivity contribution in [1.29, 1.82) is 0 Å². The molecule has 0 aliphatic carbocycles. The molecule has 1 aromatic heterocycles. The minimum atomic E-state index is -1.10. The number of nitrogens with zero attached hydrogens (tertiary/aromatic N) is 1. The van der Waals surface area contributed by atoms with Crippen LogP contribution in [0.4, 0.5) is 0 Å². The third-order valence-corrected chi connectivity index (χ3v) is 4.13. The largest absolute Gasteiger partial charge is 0.481 e. The maximum atomic E-state index is 11.4. The Kier molecular flexibility index (Phi) is 4.05. The lowest BCUT2D eigenvalue weighted by Gasteiger charge is -2.05. The number of aromatic nitrogens is 1. The van der Waals surface area contributed by atoms with Crippen LogP contribution in [0, 0.1) is 0 Å². The van der Waals surface area contributed by atoms with E-state index in [1.165, 1.54) is 17.4 Å². The summed E-state index contributed by atoms with van der Waals surface area (Å²) < 4.78 is 0.745. The Labute approximate surface area is 123 Å². The van der Waals surface area contributed by atoms with Gasteiger partial charge in [0, 0.05) is 5.56 Å². The molecule has 0 aliphatic heterocycles. The quantitative estimate of drug-likeness (QED) is 0.723. The standard InChI is InChI=1S/C12H10N2O4S2/c13-10(17)5-1-2-8-7(3-5)14-11(20-8)6(12(18)19)4-9(15)16/h1-3,6H,4H2,(H2,13,17)(H,15,16)(H,18,19). The van der Waals surface area contributed by atoms with Crippen LogP contribution in [0.15, 0.2) is 18.2 Å². The zero-order valence-corrected chi connectivity index (χ0v) is 11.8. The van der Waals surface area contributed by atoms with Crippen molar-refractivity contribution >= 4 is 51.2 Å². The average Bonchev–Trinajstić information content (AvgIpc) is 2.77. The third kappa shape index (κ3) is 2.97. The first-order valence-corrected chi connectivity index (χ1v) is 6.79. The van der Waals surface area contributed by atoms with Crippen molar-refractivity contribution in [2.24, 2.45) is 5.73 Å². The number of thiazole rings is 1. The molecule has 1 aromatic carbocycles. The molecule has 2 aromatic rings. The first-order valence-electron chi connectivity index (χ1n) is 5.53. The second-order valence-corrected chi connectivity index (χ2v) is 5.59. The lowest BCUT2D eigenvalue weighted by molar-refractivity contribution is -0.138. The van der Waals surface area contributed by atoms with E-state index in [0.717, 1.165) is 4.70 Å². The minimum Gasteiger partial charge on any atom is -0.481 e. The summed E-state index contributed by atoms with van der Waals surface area (Å²) in [6.45, 7) is 0. The summed E-state index contributed by atoms with van der Waals surface area (Å²) in [6, 6.07) is 4.73. The van der Waals surface area contributed by atoms with Crippen LogP contribution in [0.2, 0.25) is 0 Å². The highest BCUT2D eigenvalue weighted by molar-refractivity contribution is 7.96. The smallest absolute Gasteiger partial charge is 0.304 e. The van der Waals surface area contributed by atoms with Crippen molar-refractivity contribution in [3.8, 4) is 0 Å². The molecule has 104 valence electrons. The van der Waals surface area contributed by atoms with Crippen LogP contribution in [0.1, 0.15) is 27.7 Å². The van der Waals surface area contributed by atoms with Gasteiger partial charge in [0.1, 0.15) is 5.01 Å². The highest BCUT2D eigenvalue weighted by Gasteiger charge is 2.24. The van der Waals surface area contributed by atoms with Gasteiger partial charge in [-0.25, -0.2) is 4.98 Å². The number of benzene rings is 1. The molecule has 0 saturated carbocycles.